The molecule has 1 saturated heterocycles. The number of sulfone groups is 1. The molecule has 0 amide bonds. The Labute approximate surface area is 127 Å². The number of piperazine rings is 1. The molecule has 0 saturated carbocycles. The Hall–Kier alpha value is -1.11. The van der Waals surface area contributed by atoms with Crippen LogP contribution in [0.4, 0.5) is 5.69 Å². The molecule has 5 nitrogen and oxygen atoms in total. The van der Waals surface area contributed by atoms with Gasteiger partial charge in [0.1, 0.15) is 0 Å². The SMILES string of the molecule is CCC(CO)N1CCN(c2ccccc2S(C)(=O)=O)CC1. The molecule has 0 radical (unpaired) electrons. The quantitative estimate of drug-likeness (QED) is 0.878. The highest BCUT2D eigenvalue weighted by Crippen LogP contribution is 2.26. The summed E-state index contributed by atoms with van der Waals surface area (Å²) in [6.07, 6.45) is 2.18. The van der Waals surface area contributed by atoms with Gasteiger partial charge in [0, 0.05) is 38.5 Å². The summed E-state index contributed by atoms with van der Waals surface area (Å²) in [6.45, 7) is 5.50. The van der Waals surface area contributed by atoms with Crippen LogP contribution >= 0.6 is 0 Å². The maximum atomic E-state index is 11.9. The summed E-state index contributed by atoms with van der Waals surface area (Å²) in [5.74, 6) is 0. The molecule has 118 valence electrons. The van der Waals surface area contributed by atoms with Gasteiger partial charge in [0.25, 0.3) is 0 Å². The van der Waals surface area contributed by atoms with Gasteiger partial charge in [-0.3, -0.25) is 4.90 Å². The van der Waals surface area contributed by atoms with Crippen molar-refractivity contribution in [2.24, 2.45) is 0 Å². The van der Waals surface area contributed by atoms with Gasteiger partial charge in [-0.2, -0.15) is 0 Å². The predicted octanol–water partition coefficient (Wildman–Crippen LogP) is 0.983. The maximum absolute atomic E-state index is 11.9. The molecule has 0 spiro atoms. The summed E-state index contributed by atoms with van der Waals surface area (Å²) in [4.78, 5) is 4.80. The second kappa shape index (κ2) is 6.77. The molecule has 1 heterocycles. The summed E-state index contributed by atoms with van der Waals surface area (Å²) in [5.41, 5.74) is 0.789. The molecular formula is C15H24N2O3S. The van der Waals surface area contributed by atoms with E-state index in [1.807, 2.05) is 12.1 Å². The Balaban J connectivity index is 2.13. The van der Waals surface area contributed by atoms with Crippen LogP contribution in [0, 0.1) is 0 Å². The topological polar surface area (TPSA) is 60.9 Å². The van der Waals surface area contributed by atoms with E-state index in [9.17, 15) is 13.5 Å². The van der Waals surface area contributed by atoms with E-state index in [0.29, 0.717) is 4.90 Å². The molecule has 0 aromatic heterocycles. The second-order valence-corrected chi connectivity index (χ2v) is 7.49. The van der Waals surface area contributed by atoms with Crippen LogP contribution in [0.1, 0.15) is 13.3 Å². The summed E-state index contributed by atoms with van der Waals surface area (Å²) in [5, 5.41) is 9.38. The van der Waals surface area contributed by atoms with Crippen LogP contribution in [-0.2, 0) is 9.84 Å². The van der Waals surface area contributed by atoms with E-state index in [4.69, 9.17) is 0 Å². The van der Waals surface area contributed by atoms with Gasteiger partial charge >= 0.3 is 0 Å². The minimum Gasteiger partial charge on any atom is -0.395 e. The Morgan fingerprint density at radius 1 is 1.19 bits per heavy atom. The number of anilines is 1. The second-order valence-electron chi connectivity index (χ2n) is 5.51. The average Bonchev–Trinajstić information content (AvgIpc) is 2.48. The minimum absolute atomic E-state index is 0.177. The van der Waals surface area contributed by atoms with E-state index >= 15 is 0 Å². The highest BCUT2D eigenvalue weighted by Gasteiger charge is 2.25. The number of aliphatic hydroxyl groups excluding tert-OH is 1. The third-order valence-corrected chi connectivity index (χ3v) is 5.26. The summed E-state index contributed by atoms with van der Waals surface area (Å²) in [7, 11) is -3.22. The van der Waals surface area contributed by atoms with Crippen LogP contribution in [0.25, 0.3) is 0 Å². The zero-order chi connectivity index (χ0) is 15.5. The highest BCUT2D eigenvalue weighted by molar-refractivity contribution is 7.90. The first kappa shape index (κ1) is 16.3. The van der Waals surface area contributed by atoms with Crippen LogP contribution in [0.5, 0.6) is 0 Å². The van der Waals surface area contributed by atoms with Crippen LogP contribution in [0.2, 0.25) is 0 Å². The van der Waals surface area contributed by atoms with E-state index in [0.717, 1.165) is 38.3 Å². The molecule has 2 rings (SSSR count). The number of rotatable bonds is 5. The highest BCUT2D eigenvalue weighted by atomic mass is 32.2. The van der Waals surface area contributed by atoms with E-state index in [1.54, 1.807) is 12.1 Å². The summed E-state index contributed by atoms with van der Waals surface area (Å²) >= 11 is 0. The minimum atomic E-state index is -3.22. The fourth-order valence-corrected chi connectivity index (χ4v) is 3.77. The van der Waals surface area contributed by atoms with Crippen molar-refractivity contribution in [2.45, 2.75) is 24.3 Å². The number of benzene rings is 1. The summed E-state index contributed by atoms with van der Waals surface area (Å²) < 4.78 is 23.8. The van der Waals surface area contributed by atoms with Crippen molar-refractivity contribution >= 4 is 15.5 Å². The molecule has 1 unspecified atom stereocenters. The van der Waals surface area contributed by atoms with Gasteiger partial charge in [-0.25, -0.2) is 8.42 Å². The molecule has 1 aliphatic heterocycles. The van der Waals surface area contributed by atoms with Crippen LogP contribution in [-0.4, -0.2) is 63.5 Å². The molecule has 6 heteroatoms. The Kier molecular flexibility index (Phi) is 5.24. The van der Waals surface area contributed by atoms with Crippen molar-refractivity contribution in [3.63, 3.8) is 0 Å². The van der Waals surface area contributed by atoms with Crippen molar-refractivity contribution < 1.29 is 13.5 Å². The molecule has 1 aromatic carbocycles. The van der Waals surface area contributed by atoms with E-state index < -0.39 is 9.84 Å². The molecule has 0 aliphatic carbocycles. The third-order valence-electron chi connectivity index (χ3n) is 4.12. The zero-order valence-corrected chi connectivity index (χ0v) is 13.5. The van der Waals surface area contributed by atoms with Gasteiger partial charge in [-0.05, 0) is 18.6 Å². The standard InChI is InChI=1S/C15H24N2O3S/c1-3-13(12-18)16-8-10-17(11-9-16)14-6-4-5-7-15(14)21(2,19)20/h4-7,13,18H,3,8-12H2,1-2H3. The average molecular weight is 312 g/mol. The Morgan fingerprint density at radius 2 is 1.81 bits per heavy atom. The molecule has 1 atom stereocenters. The first-order valence-electron chi connectivity index (χ1n) is 7.36. The van der Waals surface area contributed by atoms with Crippen LogP contribution in [0.3, 0.4) is 0 Å². The number of hydrogen-bond acceptors (Lipinski definition) is 5. The van der Waals surface area contributed by atoms with E-state index in [2.05, 4.69) is 16.7 Å². The number of para-hydroxylation sites is 1. The molecule has 1 aromatic rings. The molecule has 1 N–H and O–H groups in total. The van der Waals surface area contributed by atoms with Crippen molar-refractivity contribution in [2.75, 3.05) is 43.9 Å². The number of nitrogens with zero attached hydrogens (tertiary/aromatic N) is 2. The number of aliphatic hydroxyl groups is 1. The van der Waals surface area contributed by atoms with Crippen LogP contribution in [0.15, 0.2) is 29.2 Å². The molecular weight excluding hydrogens is 288 g/mol. The molecule has 0 bridgehead atoms. The normalized spacial score (nSPS) is 18.7. The van der Waals surface area contributed by atoms with Crippen molar-refractivity contribution in [1.29, 1.82) is 0 Å². The largest absolute Gasteiger partial charge is 0.395 e. The van der Waals surface area contributed by atoms with Crippen LogP contribution < -0.4 is 4.90 Å². The maximum Gasteiger partial charge on any atom is 0.177 e. The Bertz CT molecular complexity index is 562. The fraction of sp³-hybridized carbons (Fsp3) is 0.600. The lowest BCUT2D eigenvalue weighted by Crippen LogP contribution is -2.51. The predicted molar refractivity (Wildman–Crippen MR) is 84.5 cm³/mol. The van der Waals surface area contributed by atoms with Gasteiger partial charge in [0.15, 0.2) is 9.84 Å². The summed E-state index contributed by atoms with van der Waals surface area (Å²) in [6, 6.07) is 7.38. The van der Waals surface area contributed by atoms with Crippen molar-refractivity contribution in [3.8, 4) is 0 Å². The Morgan fingerprint density at radius 3 is 2.33 bits per heavy atom. The lowest BCUT2D eigenvalue weighted by atomic mass is 10.1. The molecule has 21 heavy (non-hydrogen) atoms. The van der Waals surface area contributed by atoms with E-state index in [1.165, 1.54) is 6.26 Å². The van der Waals surface area contributed by atoms with E-state index in [-0.39, 0.29) is 12.6 Å². The molecule has 1 aliphatic rings. The molecule has 1 fully saturated rings. The monoisotopic (exact) mass is 312 g/mol. The van der Waals surface area contributed by atoms with Gasteiger partial charge in [-0.15, -0.1) is 0 Å². The van der Waals surface area contributed by atoms with Gasteiger partial charge in [-0.1, -0.05) is 19.1 Å². The van der Waals surface area contributed by atoms with Crippen molar-refractivity contribution in [3.05, 3.63) is 24.3 Å². The third kappa shape index (κ3) is 3.75. The van der Waals surface area contributed by atoms with Gasteiger partial charge in [0.2, 0.25) is 0 Å². The van der Waals surface area contributed by atoms with Gasteiger partial charge in [0.05, 0.1) is 17.2 Å². The lowest BCUT2D eigenvalue weighted by molar-refractivity contribution is 0.114. The first-order chi connectivity index (χ1) is 9.97. The van der Waals surface area contributed by atoms with Crippen molar-refractivity contribution in [1.82, 2.24) is 4.90 Å². The van der Waals surface area contributed by atoms with Gasteiger partial charge < -0.3 is 10.0 Å². The smallest absolute Gasteiger partial charge is 0.177 e. The fourth-order valence-electron chi connectivity index (χ4n) is 2.86. The first-order valence-corrected chi connectivity index (χ1v) is 9.25. The zero-order valence-electron chi connectivity index (χ0n) is 12.7. The number of hydrogen-bond donors (Lipinski definition) is 1. The lowest BCUT2D eigenvalue weighted by Gasteiger charge is -2.39.